The van der Waals surface area contributed by atoms with Crippen molar-refractivity contribution < 1.29 is 14.5 Å². The number of para-hydroxylation sites is 1. The molecule has 1 N–H and O–H groups in total. The van der Waals surface area contributed by atoms with Crippen LogP contribution in [0.1, 0.15) is 36.3 Å². The number of Topliss-reactive ketones (excluding diaryl/α,β-unsaturated/α-hetero) is 1. The van der Waals surface area contributed by atoms with Crippen molar-refractivity contribution in [2.45, 2.75) is 26.7 Å². The van der Waals surface area contributed by atoms with E-state index in [1.165, 1.54) is 12.1 Å². The maximum Gasteiger partial charge on any atom is 0.269 e. The summed E-state index contributed by atoms with van der Waals surface area (Å²) in [6.45, 7) is 4.24. The van der Waals surface area contributed by atoms with Crippen molar-refractivity contribution in [2.75, 3.05) is 12.4 Å². The molecule has 7 heteroatoms. The van der Waals surface area contributed by atoms with Gasteiger partial charge in [0.2, 0.25) is 0 Å². The Hall–Kier alpha value is -4.39. The van der Waals surface area contributed by atoms with Crippen molar-refractivity contribution in [2.24, 2.45) is 5.41 Å². The number of hydrogen-bond donors (Lipinski definition) is 1. The summed E-state index contributed by atoms with van der Waals surface area (Å²) in [6, 6.07) is 24.0. The van der Waals surface area contributed by atoms with Crippen molar-refractivity contribution >= 4 is 22.8 Å². The molecule has 0 radical (unpaired) electrons. The Labute approximate surface area is 209 Å². The lowest BCUT2D eigenvalue weighted by Gasteiger charge is -2.30. The summed E-state index contributed by atoms with van der Waals surface area (Å²) in [5, 5.41) is 14.6. The van der Waals surface area contributed by atoms with Gasteiger partial charge in [0.15, 0.2) is 5.78 Å². The smallest absolute Gasteiger partial charge is 0.269 e. The maximum atomic E-state index is 13.6. The molecule has 1 aliphatic rings. The third kappa shape index (κ3) is 4.24. The van der Waals surface area contributed by atoms with Gasteiger partial charge in [-0.2, -0.15) is 0 Å². The fourth-order valence-corrected chi connectivity index (χ4v) is 4.94. The van der Waals surface area contributed by atoms with Crippen LogP contribution in [0, 0.1) is 15.5 Å². The Morgan fingerprint density at radius 2 is 1.61 bits per heavy atom. The van der Waals surface area contributed by atoms with Gasteiger partial charge in [0, 0.05) is 41.2 Å². The van der Waals surface area contributed by atoms with Crippen LogP contribution < -0.4 is 10.1 Å². The van der Waals surface area contributed by atoms with E-state index < -0.39 is 4.92 Å². The Kier molecular flexibility index (Phi) is 5.84. The zero-order valence-electron chi connectivity index (χ0n) is 20.4. The van der Waals surface area contributed by atoms with Crippen molar-refractivity contribution in [3.63, 3.8) is 0 Å². The van der Waals surface area contributed by atoms with Gasteiger partial charge in [-0.05, 0) is 60.4 Å². The number of non-ortho nitro benzene ring substituents is 1. The fraction of sp³-hybridized carbons (Fsp3) is 0.207. The Bertz CT molecular complexity index is 1440. The van der Waals surface area contributed by atoms with Gasteiger partial charge in [-0.1, -0.05) is 32.0 Å². The number of rotatable bonds is 6. The molecular formula is C29H27N3O4. The molecule has 0 aliphatic heterocycles. The number of methoxy groups -OCH3 is 1. The number of nitro benzene ring substituents is 1. The molecule has 0 amide bonds. The molecule has 4 aromatic rings. The molecular weight excluding hydrogens is 454 g/mol. The molecule has 0 atom stereocenters. The number of fused-ring (bicyclic) bond motifs is 1. The lowest BCUT2D eigenvalue weighted by atomic mass is 9.76. The number of benzene rings is 3. The van der Waals surface area contributed by atoms with Crippen LogP contribution in [-0.4, -0.2) is 22.4 Å². The van der Waals surface area contributed by atoms with E-state index in [-0.39, 0.29) is 16.9 Å². The number of ether oxygens (including phenoxy) is 1. The van der Waals surface area contributed by atoms with Crippen LogP contribution in [0.15, 0.2) is 78.9 Å². The van der Waals surface area contributed by atoms with Gasteiger partial charge in [0.25, 0.3) is 5.69 Å². The normalized spacial score (nSPS) is 14.2. The molecule has 7 nitrogen and oxygen atoms in total. The van der Waals surface area contributed by atoms with Crippen molar-refractivity contribution in [3.8, 4) is 22.7 Å². The lowest BCUT2D eigenvalue weighted by Crippen LogP contribution is -2.28. The standard InChI is InChI=1S/C29H27N3O4/c1-29(2)17-24-26(25(33)18-29)27(30-20-11-13-22(14-12-20)32(34)35)28(19-9-15-23(36-3)16-10-19)31(24)21-7-5-4-6-8-21/h4-16,30H,17-18H2,1-3H3. The molecule has 0 saturated carbocycles. The average Bonchev–Trinajstić information content (AvgIpc) is 3.17. The van der Waals surface area contributed by atoms with E-state index in [1.54, 1.807) is 19.2 Å². The van der Waals surface area contributed by atoms with Crippen LogP contribution in [0.5, 0.6) is 5.75 Å². The monoisotopic (exact) mass is 481 g/mol. The van der Waals surface area contributed by atoms with E-state index in [0.717, 1.165) is 34.8 Å². The molecule has 0 spiro atoms. The van der Waals surface area contributed by atoms with Gasteiger partial charge in [-0.15, -0.1) is 0 Å². The second kappa shape index (κ2) is 9.00. The van der Waals surface area contributed by atoms with E-state index in [1.807, 2.05) is 54.6 Å². The first-order chi connectivity index (χ1) is 17.3. The van der Waals surface area contributed by atoms with Crippen LogP contribution in [0.2, 0.25) is 0 Å². The van der Waals surface area contributed by atoms with Gasteiger partial charge >= 0.3 is 0 Å². The van der Waals surface area contributed by atoms with Gasteiger partial charge in [-0.25, -0.2) is 0 Å². The summed E-state index contributed by atoms with van der Waals surface area (Å²) in [5.74, 6) is 0.818. The quantitative estimate of drug-likeness (QED) is 0.238. The topological polar surface area (TPSA) is 86.4 Å². The van der Waals surface area contributed by atoms with Crippen LogP contribution >= 0.6 is 0 Å². The first-order valence-corrected chi connectivity index (χ1v) is 11.8. The molecule has 1 heterocycles. The van der Waals surface area contributed by atoms with Crippen LogP contribution in [-0.2, 0) is 6.42 Å². The average molecular weight is 482 g/mol. The van der Waals surface area contributed by atoms with Crippen LogP contribution in [0.3, 0.4) is 0 Å². The number of anilines is 2. The fourth-order valence-electron chi connectivity index (χ4n) is 4.94. The molecule has 182 valence electrons. The zero-order chi connectivity index (χ0) is 25.4. The predicted octanol–water partition coefficient (Wildman–Crippen LogP) is 6.96. The highest BCUT2D eigenvalue weighted by Crippen LogP contribution is 2.47. The number of nitro groups is 1. The molecule has 5 rings (SSSR count). The van der Waals surface area contributed by atoms with Crippen molar-refractivity contribution in [3.05, 3.63) is 100 Å². The minimum Gasteiger partial charge on any atom is -0.497 e. The molecule has 0 fully saturated rings. The van der Waals surface area contributed by atoms with E-state index in [2.05, 4.69) is 23.7 Å². The molecule has 3 aromatic carbocycles. The van der Waals surface area contributed by atoms with E-state index >= 15 is 0 Å². The predicted molar refractivity (Wildman–Crippen MR) is 141 cm³/mol. The first kappa shape index (κ1) is 23.4. The summed E-state index contributed by atoms with van der Waals surface area (Å²) < 4.78 is 7.54. The highest BCUT2D eigenvalue weighted by molar-refractivity contribution is 6.08. The van der Waals surface area contributed by atoms with E-state index in [0.29, 0.717) is 23.4 Å². The summed E-state index contributed by atoms with van der Waals surface area (Å²) in [7, 11) is 1.63. The van der Waals surface area contributed by atoms with Crippen molar-refractivity contribution in [1.82, 2.24) is 4.57 Å². The highest BCUT2D eigenvalue weighted by Gasteiger charge is 2.38. The minimum absolute atomic E-state index is 0.0117. The number of nitrogens with one attached hydrogen (secondary N) is 1. The largest absolute Gasteiger partial charge is 0.497 e. The SMILES string of the molecule is COc1ccc(-c2c(Nc3ccc([N+](=O)[O-])cc3)c3c(n2-c2ccccc2)CC(C)(C)CC3=O)cc1. The highest BCUT2D eigenvalue weighted by atomic mass is 16.6. The summed E-state index contributed by atoms with van der Waals surface area (Å²) in [4.78, 5) is 24.3. The number of carbonyl (C=O) groups is 1. The van der Waals surface area contributed by atoms with Crippen LogP contribution in [0.25, 0.3) is 16.9 Å². The molecule has 0 unspecified atom stereocenters. The van der Waals surface area contributed by atoms with Gasteiger partial charge < -0.3 is 14.6 Å². The summed E-state index contributed by atoms with van der Waals surface area (Å²) >= 11 is 0. The zero-order valence-corrected chi connectivity index (χ0v) is 20.4. The molecule has 1 aromatic heterocycles. The number of aromatic nitrogens is 1. The number of ketones is 1. The molecule has 36 heavy (non-hydrogen) atoms. The summed E-state index contributed by atoms with van der Waals surface area (Å²) in [6.07, 6.45) is 1.17. The van der Waals surface area contributed by atoms with Gasteiger partial charge in [0.05, 0.1) is 29.0 Å². The van der Waals surface area contributed by atoms with E-state index in [4.69, 9.17) is 4.74 Å². The first-order valence-electron chi connectivity index (χ1n) is 11.8. The van der Waals surface area contributed by atoms with Crippen molar-refractivity contribution in [1.29, 1.82) is 0 Å². The van der Waals surface area contributed by atoms with Crippen LogP contribution in [0.4, 0.5) is 17.1 Å². The van der Waals surface area contributed by atoms with Gasteiger partial charge in [0.1, 0.15) is 5.75 Å². The summed E-state index contributed by atoms with van der Waals surface area (Å²) in [5.41, 5.74) is 5.56. The Morgan fingerprint density at radius 1 is 0.944 bits per heavy atom. The Morgan fingerprint density at radius 3 is 2.22 bits per heavy atom. The molecule has 0 saturated heterocycles. The molecule has 0 bridgehead atoms. The second-order valence-corrected chi connectivity index (χ2v) is 9.81. The third-order valence-electron chi connectivity index (χ3n) is 6.56. The number of hydrogen-bond acceptors (Lipinski definition) is 5. The number of nitrogens with zero attached hydrogens (tertiary/aromatic N) is 2. The number of carbonyl (C=O) groups excluding carboxylic acids is 1. The third-order valence-corrected chi connectivity index (χ3v) is 6.56. The lowest BCUT2D eigenvalue weighted by molar-refractivity contribution is -0.384. The molecule has 1 aliphatic carbocycles. The van der Waals surface area contributed by atoms with Gasteiger partial charge in [-0.3, -0.25) is 14.9 Å². The maximum absolute atomic E-state index is 13.6. The Balaban J connectivity index is 1.78. The second-order valence-electron chi connectivity index (χ2n) is 9.81. The minimum atomic E-state index is -0.425. The van der Waals surface area contributed by atoms with E-state index in [9.17, 15) is 14.9 Å².